The Kier molecular flexibility index (Phi) is 9.16. The number of nitrogens with zero attached hydrogens (tertiary/aromatic N) is 5. The summed E-state index contributed by atoms with van der Waals surface area (Å²) in [6.07, 6.45) is -0.0714. The number of hydrogen-bond donors (Lipinski definition) is 2. The van der Waals surface area contributed by atoms with E-state index in [-0.39, 0.29) is 12.0 Å². The third-order valence-corrected chi connectivity index (χ3v) is 9.69. The quantitative estimate of drug-likeness (QED) is 0.232. The van der Waals surface area contributed by atoms with Gasteiger partial charge in [0.2, 0.25) is 15.9 Å². The standard InChI is InChI=1S/C29H31F4N7O4S2/c1-46(42,43)38-35-20-7-3-4-17-18(20)5-2-6-19(17)25-13-21(37-44-25)23-15-45-29(34-23)16-8-10-39(11-9-16)26(41)14-40-24(28(32)33)12-22(36-40)27(30)31/h2,5-7,12,15-16,25,27-28,35,38H,3-4,8-11,13-14H2,1H3. The van der Waals surface area contributed by atoms with Crippen LogP contribution in [0.25, 0.3) is 5.70 Å². The SMILES string of the molecule is CS(=O)(=O)NNC1=CCCc2c1cccc2C1CC(c2csc(C3CCN(C(=O)Cn4nc(C(F)F)cc4C(F)F)CC3)n2)=NO1. The fourth-order valence-electron chi connectivity index (χ4n) is 5.94. The van der Waals surface area contributed by atoms with Gasteiger partial charge >= 0.3 is 0 Å². The van der Waals surface area contributed by atoms with Crippen LogP contribution in [0.5, 0.6) is 0 Å². The molecule has 0 bridgehead atoms. The summed E-state index contributed by atoms with van der Waals surface area (Å²) < 4.78 is 76.5. The monoisotopic (exact) mass is 681 g/mol. The van der Waals surface area contributed by atoms with Crippen molar-refractivity contribution in [2.75, 3.05) is 19.3 Å². The van der Waals surface area contributed by atoms with Crippen LogP contribution in [0.2, 0.25) is 0 Å². The predicted octanol–water partition coefficient (Wildman–Crippen LogP) is 4.83. The lowest BCUT2D eigenvalue weighted by atomic mass is 9.87. The Bertz CT molecular complexity index is 1780. The molecule has 0 saturated carbocycles. The largest absolute Gasteiger partial charge is 0.387 e. The van der Waals surface area contributed by atoms with Crippen LogP contribution < -0.4 is 10.3 Å². The van der Waals surface area contributed by atoms with Crippen molar-refractivity contribution in [1.82, 2.24) is 29.9 Å². The number of carbonyl (C=O) groups is 1. The molecule has 2 N–H and O–H groups in total. The molecule has 1 amide bonds. The first kappa shape index (κ1) is 32.1. The van der Waals surface area contributed by atoms with Gasteiger partial charge in [-0.25, -0.2) is 31.0 Å². The molecule has 1 atom stereocenters. The number of hydrogen-bond acceptors (Lipinski definition) is 9. The van der Waals surface area contributed by atoms with Crippen LogP contribution in [-0.2, 0) is 32.6 Å². The van der Waals surface area contributed by atoms with E-state index in [1.54, 1.807) is 0 Å². The molecule has 1 unspecified atom stereocenters. The van der Waals surface area contributed by atoms with Crippen molar-refractivity contribution in [3.63, 3.8) is 0 Å². The highest BCUT2D eigenvalue weighted by Gasteiger charge is 2.32. The lowest BCUT2D eigenvalue weighted by Gasteiger charge is -2.31. The number of carbonyl (C=O) groups excluding carboxylic acids is 1. The van der Waals surface area contributed by atoms with Crippen molar-refractivity contribution in [3.05, 3.63) is 74.5 Å². The third-order valence-electron chi connectivity index (χ3n) is 8.21. The van der Waals surface area contributed by atoms with Crippen molar-refractivity contribution in [3.8, 4) is 0 Å². The summed E-state index contributed by atoms with van der Waals surface area (Å²) in [5.74, 6) is -0.367. The van der Waals surface area contributed by atoms with Gasteiger partial charge in [0.05, 0.1) is 22.7 Å². The van der Waals surface area contributed by atoms with Crippen LogP contribution in [0.15, 0.2) is 40.9 Å². The molecule has 1 aliphatic carbocycles. The molecule has 1 aromatic carbocycles. The summed E-state index contributed by atoms with van der Waals surface area (Å²) in [7, 11) is -3.44. The van der Waals surface area contributed by atoms with E-state index in [2.05, 4.69) is 20.5 Å². The minimum absolute atomic E-state index is 0.0904. The molecule has 46 heavy (non-hydrogen) atoms. The molecule has 0 radical (unpaired) electrons. The normalized spacial score (nSPS) is 18.8. The Hall–Kier alpha value is -3.83. The summed E-state index contributed by atoms with van der Waals surface area (Å²) in [5.41, 5.74) is 6.39. The zero-order chi connectivity index (χ0) is 32.6. The van der Waals surface area contributed by atoms with Crippen molar-refractivity contribution in [1.29, 1.82) is 0 Å². The number of hydrazine groups is 1. The van der Waals surface area contributed by atoms with Crippen LogP contribution in [0.1, 0.15) is 89.3 Å². The molecule has 1 saturated heterocycles. The summed E-state index contributed by atoms with van der Waals surface area (Å²) in [6, 6.07) is 6.47. The lowest BCUT2D eigenvalue weighted by molar-refractivity contribution is -0.133. The van der Waals surface area contributed by atoms with Crippen molar-refractivity contribution < 1.29 is 35.6 Å². The van der Waals surface area contributed by atoms with Gasteiger partial charge in [-0.1, -0.05) is 29.4 Å². The van der Waals surface area contributed by atoms with Gasteiger partial charge < -0.3 is 15.2 Å². The summed E-state index contributed by atoms with van der Waals surface area (Å²) in [6.45, 7) is 0.221. The first-order valence-corrected chi connectivity index (χ1v) is 17.4. The number of nitrogens with one attached hydrogen (secondary N) is 2. The Morgan fingerprint density at radius 2 is 1.96 bits per heavy atom. The van der Waals surface area contributed by atoms with E-state index in [1.165, 1.54) is 16.2 Å². The highest BCUT2D eigenvalue weighted by Crippen LogP contribution is 2.38. The van der Waals surface area contributed by atoms with Gasteiger partial charge in [-0.15, -0.1) is 16.2 Å². The van der Waals surface area contributed by atoms with Crippen LogP contribution in [0.4, 0.5) is 17.6 Å². The Balaban J connectivity index is 1.05. The molecule has 6 rings (SSSR count). The molecule has 3 aliphatic rings. The number of likely N-dealkylation sites (tertiary alicyclic amines) is 1. The predicted molar refractivity (Wildman–Crippen MR) is 162 cm³/mol. The Morgan fingerprint density at radius 3 is 2.67 bits per heavy atom. The molecule has 0 spiro atoms. The molecule has 4 heterocycles. The van der Waals surface area contributed by atoms with Crippen LogP contribution >= 0.6 is 11.3 Å². The first-order valence-electron chi connectivity index (χ1n) is 14.6. The van der Waals surface area contributed by atoms with Crippen molar-refractivity contribution in [2.45, 2.75) is 63.5 Å². The highest BCUT2D eigenvalue weighted by molar-refractivity contribution is 7.88. The van der Waals surface area contributed by atoms with Crippen LogP contribution in [0, 0.1) is 0 Å². The second-order valence-electron chi connectivity index (χ2n) is 11.3. The average molecular weight is 682 g/mol. The molecule has 246 valence electrons. The smallest absolute Gasteiger partial charge is 0.282 e. The van der Waals surface area contributed by atoms with Gasteiger partial charge in [0.25, 0.3) is 12.9 Å². The number of fused-ring (bicyclic) bond motifs is 1. The molecular weight excluding hydrogens is 650 g/mol. The maximum atomic E-state index is 13.3. The van der Waals surface area contributed by atoms with Crippen molar-refractivity contribution in [2.24, 2.45) is 5.16 Å². The minimum Gasteiger partial charge on any atom is -0.387 e. The number of piperidine rings is 1. The highest BCUT2D eigenvalue weighted by atomic mass is 32.2. The molecule has 3 aromatic rings. The zero-order valence-electron chi connectivity index (χ0n) is 24.6. The van der Waals surface area contributed by atoms with E-state index in [1.807, 2.05) is 29.7 Å². The average Bonchev–Trinajstić information content (AvgIpc) is 3.79. The number of allylic oxidation sites excluding steroid dienone is 1. The second kappa shape index (κ2) is 13.1. The first-order chi connectivity index (χ1) is 22.0. The number of thiazole rings is 1. The number of aromatic nitrogens is 3. The van der Waals surface area contributed by atoms with E-state index in [9.17, 15) is 30.8 Å². The van der Waals surface area contributed by atoms with E-state index in [4.69, 9.17) is 9.82 Å². The topological polar surface area (TPSA) is 131 Å². The number of halogens is 4. The summed E-state index contributed by atoms with van der Waals surface area (Å²) in [5, 5.41) is 10.7. The Morgan fingerprint density at radius 1 is 1.17 bits per heavy atom. The van der Waals surface area contributed by atoms with Gasteiger partial charge in [-0.2, -0.15) is 5.10 Å². The number of amides is 1. The van der Waals surface area contributed by atoms with E-state index >= 15 is 0 Å². The number of alkyl halides is 4. The molecule has 11 nitrogen and oxygen atoms in total. The van der Waals surface area contributed by atoms with Gasteiger partial charge in [-0.05, 0) is 42.9 Å². The number of sulfonamides is 1. The molecule has 2 aliphatic heterocycles. The Labute approximate surface area is 266 Å². The van der Waals surface area contributed by atoms with E-state index in [0.29, 0.717) is 48.8 Å². The molecule has 1 fully saturated rings. The maximum Gasteiger partial charge on any atom is 0.282 e. The summed E-state index contributed by atoms with van der Waals surface area (Å²) >= 11 is 1.50. The number of benzene rings is 1. The van der Waals surface area contributed by atoms with Gasteiger partial charge in [0.1, 0.15) is 23.6 Å². The van der Waals surface area contributed by atoms with Gasteiger partial charge in [0, 0.05) is 36.4 Å². The maximum absolute atomic E-state index is 13.3. The summed E-state index contributed by atoms with van der Waals surface area (Å²) in [4.78, 5) is 27.4. The lowest BCUT2D eigenvalue weighted by Crippen LogP contribution is -2.40. The van der Waals surface area contributed by atoms with E-state index in [0.717, 1.165) is 52.2 Å². The van der Waals surface area contributed by atoms with Crippen LogP contribution in [-0.4, -0.2) is 59.0 Å². The number of rotatable bonds is 10. The van der Waals surface area contributed by atoms with Gasteiger partial charge in [0.15, 0.2) is 6.10 Å². The number of oxime groups is 1. The third kappa shape index (κ3) is 6.95. The van der Waals surface area contributed by atoms with E-state index < -0.39 is 46.7 Å². The second-order valence-corrected chi connectivity index (χ2v) is 14.0. The van der Waals surface area contributed by atoms with Gasteiger partial charge in [-0.3, -0.25) is 9.48 Å². The fraction of sp³-hybridized carbons (Fsp3) is 0.448. The minimum atomic E-state index is -3.44. The molecule has 17 heteroatoms. The molecule has 2 aromatic heterocycles. The van der Waals surface area contributed by atoms with Crippen molar-refractivity contribution >= 4 is 38.7 Å². The zero-order valence-corrected chi connectivity index (χ0v) is 26.3. The van der Waals surface area contributed by atoms with Crippen LogP contribution in [0.3, 0.4) is 0 Å². The molecular formula is C29H31F4N7O4S2. The fourth-order valence-corrected chi connectivity index (χ4v) is 7.24.